The van der Waals surface area contributed by atoms with E-state index in [9.17, 15) is 4.79 Å². The van der Waals surface area contributed by atoms with Crippen molar-refractivity contribution in [3.8, 4) is 0 Å². The van der Waals surface area contributed by atoms with Crippen LogP contribution in [-0.2, 0) is 4.79 Å². The lowest BCUT2D eigenvalue weighted by Crippen LogP contribution is -2.32. The number of carbonyl (C=O) groups is 1. The molecule has 1 amide bonds. The second-order valence-corrected chi connectivity index (χ2v) is 6.69. The molecule has 2 fully saturated rings. The minimum atomic E-state index is -0.0180. The number of aromatic nitrogens is 3. The minimum absolute atomic E-state index is 0.0180. The molecule has 0 aromatic carbocycles. The van der Waals surface area contributed by atoms with Gasteiger partial charge in [-0.2, -0.15) is 4.98 Å². The lowest BCUT2D eigenvalue weighted by molar-refractivity contribution is -0.133. The lowest BCUT2D eigenvalue weighted by Gasteiger charge is -2.24. The van der Waals surface area contributed by atoms with Crippen LogP contribution in [0, 0.1) is 0 Å². The summed E-state index contributed by atoms with van der Waals surface area (Å²) >= 11 is 0. The zero-order valence-corrected chi connectivity index (χ0v) is 13.4. The molecule has 0 bridgehead atoms. The van der Waals surface area contributed by atoms with Gasteiger partial charge in [-0.3, -0.25) is 4.79 Å². The van der Waals surface area contributed by atoms with Crippen molar-refractivity contribution in [2.75, 3.05) is 6.54 Å². The average Bonchev–Trinajstić information content (AvgIpc) is 3.05. The van der Waals surface area contributed by atoms with Crippen LogP contribution in [0.1, 0.15) is 68.7 Å². The summed E-state index contributed by atoms with van der Waals surface area (Å²) in [6.45, 7) is 2.86. The molecular weight excluding hydrogens is 292 g/mol. The molecule has 0 radical (unpaired) electrons. The molecule has 6 heteroatoms. The van der Waals surface area contributed by atoms with E-state index in [2.05, 4.69) is 21.6 Å². The molecule has 2 atom stereocenters. The Balaban J connectivity index is 1.44. The summed E-state index contributed by atoms with van der Waals surface area (Å²) in [4.78, 5) is 19.2. The third-order valence-corrected chi connectivity index (χ3v) is 4.86. The molecule has 1 aliphatic heterocycles. The molecule has 6 nitrogen and oxygen atoms in total. The number of hydrogen-bond acceptors (Lipinski definition) is 4. The number of rotatable bonds is 5. The van der Waals surface area contributed by atoms with E-state index in [-0.39, 0.29) is 18.0 Å². The second kappa shape index (κ2) is 5.83. The maximum Gasteiger partial charge on any atom is 0.229 e. The van der Waals surface area contributed by atoms with Crippen LogP contribution in [0.25, 0.3) is 0 Å². The predicted octanol–water partition coefficient (Wildman–Crippen LogP) is 3.06. The first-order chi connectivity index (χ1) is 11.2. The zero-order chi connectivity index (χ0) is 15.8. The van der Waals surface area contributed by atoms with Gasteiger partial charge in [0.05, 0.1) is 6.04 Å². The maximum atomic E-state index is 12.7. The SMILES string of the molecule is C[C@@H](CC(=O)N1CCC[C@@H]1c1noc(C2CC2)n1)n1cccc1. The number of nitrogens with zero attached hydrogens (tertiary/aromatic N) is 4. The number of likely N-dealkylation sites (tertiary alicyclic amines) is 1. The first-order valence-electron chi connectivity index (χ1n) is 8.48. The quantitative estimate of drug-likeness (QED) is 0.851. The molecule has 2 aliphatic rings. The Morgan fingerprint density at radius 1 is 1.35 bits per heavy atom. The van der Waals surface area contributed by atoms with Crippen LogP contribution in [0.4, 0.5) is 0 Å². The third kappa shape index (κ3) is 2.90. The molecular formula is C17H22N4O2. The Hall–Kier alpha value is -2.11. The van der Waals surface area contributed by atoms with Crippen molar-refractivity contribution in [1.82, 2.24) is 19.6 Å². The summed E-state index contributed by atoms with van der Waals surface area (Å²) < 4.78 is 7.44. The first kappa shape index (κ1) is 14.5. The fourth-order valence-corrected chi connectivity index (χ4v) is 3.33. The highest BCUT2D eigenvalue weighted by Crippen LogP contribution is 2.40. The third-order valence-electron chi connectivity index (χ3n) is 4.86. The van der Waals surface area contributed by atoms with Gasteiger partial charge in [-0.15, -0.1) is 0 Å². The monoisotopic (exact) mass is 314 g/mol. The number of hydrogen-bond donors (Lipinski definition) is 0. The number of carbonyl (C=O) groups excluding carboxylic acids is 1. The summed E-state index contributed by atoms with van der Waals surface area (Å²) in [7, 11) is 0. The van der Waals surface area contributed by atoms with Crippen molar-refractivity contribution in [3.05, 3.63) is 36.2 Å². The van der Waals surface area contributed by atoms with Gasteiger partial charge in [0, 0.05) is 37.3 Å². The normalized spacial score (nSPS) is 22.5. The Labute approximate surface area is 135 Å². The lowest BCUT2D eigenvalue weighted by atomic mass is 10.1. The van der Waals surface area contributed by atoms with Crippen molar-refractivity contribution < 1.29 is 9.32 Å². The summed E-state index contributed by atoms with van der Waals surface area (Å²) in [5, 5.41) is 4.14. The van der Waals surface area contributed by atoms with Crippen molar-refractivity contribution in [2.24, 2.45) is 0 Å². The highest BCUT2D eigenvalue weighted by molar-refractivity contribution is 5.77. The van der Waals surface area contributed by atoms with Crippen molar-refractivity contribution in [3.63, 3.8) is 0 Å². The van der Waals surface area contributed by atoms with Gasteiger partial charge in [-0.05, 0) is 44.7 Å². The molecule has 23 heavy (non-hydrogen) atoms. The van der Waals surface area contributed by atoms with Crippen LogP contribution in [0.3, 0.4) is 0 Å². The molecule has 0 unspecified atom stereocenters. The van der Waals surface area contributed by atoms with Crippen molar-refractivity contribution >= 4 is 5.91 Å². The molecule has 0 spiro atoms. The van der Waals surface area contributed by atoms with Crippen molar-refractivity contribution in [1.29, 1.82) is 0 Å². The Morgan fingerprint density at radius 3 is 2.87 bits per heavy atom. The summed E-state index contributed by atoms with van der Waals surface area (Å²) in [5.41, 5.74) is 0. The fourth-order valence-electron chi connectivity index (χ4n) is 3.33. The van der Waals surface area contributed by atoms with Gasteiger partial charge in [0.25, 0.3) is 0 Å². The second-order valence-electron chi connectivity index (χ2n) is 6.69. The topological polar surface area (TPSA) is 64.2 Å². The van der Waals surface area contributed by atoms with Crippen LogP contribution < -0.4 is 0 Å². The highest BCUT2D eigenvalue weighted by Gasteiger charge is 2.36. The van der Waals surface area contributed by atoms with Crippen LogP contribution in [0.2, 0.25) is 0 Å². The van der Waals surface area contributed by atoms with Gasteiger partial charge in [0.1, 0.15) is 0 Å². The van der Waals surface area contributed by atoms with E-state index in [0.29, 0.717) is 18.2 Å². The Bertz CT molecular complexity index is 675. The summed E-state index contributed by atoms with van der Waals surface area (Å²) in [6.07, 6.45) is 8.71. The van der Waals surface area contributed by atoms with Crippen LogP contribution in [0.15, 0.2) is 29.0 Å². The molecule has 1 saturated carbocycles. The van der Waals surface area contributed by atoms with E-state index >= 15 is 0 Å². The van der Waals surface area contributed by atoms with Gasteiger partial charge in [-0.25, -0.2) is 0 Å². The Morgan fingerprint density at radius 2 is 2.13 bits per heavy atom. The first-order valence-corrected chi connectivity index (χ1v) is 8.48. The summed E-state index contributed by atoms with van der Waals surface area (Å²) in [6, 6.07) is 4.11. The largest absolute Gasteiger partial charge is 0.351 e. The minimum Gasteiger partial charge on any atom is -0.351 e. The van der Waals surface area contributed by atoms with Gasteiger partial charge in [-0.1, -0.05) is 5.16 Å². The van der Waals surface area contributed by atoms with E-state index in [0.717, 1.165) is 38.1 Å². The molecule has 122 valence electrons. The fraction of sp³-hybridized carbons (Fsp3) is 0.588. The van der Waals surface area contributed by atoms with Gasteiger partial charge in [0.15, 0.2) is 5.82 Å². The van der Waals surface area contributed by atoms with E-state index in [1.54, 1.807) is 0 Å². The van der Waals surface area contributed by atoms with Crippen molar-refractivity contribution in [2.45, 2.75) is 57.0 Å². The number of amides is 1. The standard InChI is InChI=1S/C17H22N4O2/c1-12(20-8-2-3-9-20)11-15(22)21-10-4-5-14(21)16-18-17(23-19-16)13-6-7-13/h2-3,8-9,12-14H,4-7,10-11H2,1H3/t12-,14+/m0/s1. The highest BCUT2D eigenvalue weighted by atomic mass is 16.5. The molecule has 3 heterocycles. The van der Waals surface area contributed by atoms with Crippen LogP contribution >= 0.6 is 0 Å². The smallest absolute Gasteiger partial charge is 0.229 e. The molecule has 0 N–H and O–H groups in total. The molecule has 1 saturated heterocycles. The van der Waals surface area contributed by atoms with Gasteiger partial charge >= 0.3 is 0 Å². The van der Waals surface area contributed by atoms with Gasteiger partial charge < -0.3 is 14.0 Å². The zero-order valence-electron chi connectivity index (χ0n) is 13.4. The van der Waals surface area contributed by atoms with Crippen LogP contribution in [-0.4, -0.2) is 32.1 Å². The van der Waals surface area contributed by atoms with E-state index in [4.69, 9.17) is 4.52 Å². The molecule has 1 aliphatic carbocycles. The predicted molar refractivity (Wildman–Crippen MR) is 83.7 cm³/mol. The van der Waals surface area contributed by atoms with E-state index in [1.807, 2.05) is 29.4 Å². The average molecular weight is 314 g/mol. The summed E-state index contributed by atoms with van der Waals surface area (Å²) in [5.74, 6) is 2.06. The maximum absolute atomic E-state index is 12.7. The molecule has 2 aromatic heterocycles. The van der Waals surface area contributed by atoms with Gasteiger partial charge in [0.2, 0.25) is 11.8 Å². The Kier molecular flexibility index (Phi) is 3.67. The molecule has 2 aromatic rings. The van der Waals surface area contributed by atoms with E-state index < -0.39 is 0 Å². The van der Waals surface area contributed by atoms with Crippen LogP contribution in [0.5, 0.6) is 0 Å². The molecule has 4 rings (SSSR count). The van der Waals surface area contributed by atoms with E-state index in [1.165, 1.54) is 0 Å².